The standard InChI is InChI=1S/C19H21ClF3N3O4/c1-10(18(28)29)12-5-11-6-15(20)16-13(7-24-26(16)3-4-30-2)14(11)8-25(17(12)27)9-19(21,22)23/h6-7,10,12H,3-5,8-9H2,1-2H3,(H,28,29)/t10-,12?/m0/s1. The van der Waals surface area contributed by atoms with Gasteiger partial charge in [0.2, 0.25) is 5.91 Å². The van der Waals surface area contributed by atoms with Crippen LogP contribution >= 0.6 is 11.6 Å². The molecule has 0 saturated heterocycles. The van der Waals surface area contributed by atoms with Gasteiger partial charge in [-0.15, -0.1) is 0 Å². The highest BCUT2D eigenvalue weighted by Crippen LogP contribution is 2.36. The highest BCUT2D eigenvalue weighted by molar-refractivity contribution is 6.35. The number of benzene rings is 1. The van der Waals surface area contributed by atoms with Crippen molar-refractivity contribution in [3.63, 3.8) is 0 Å². The van der Waals surface area contributed by atoms with Crippen LogP contribution in [0.5, 0.6) is 0 Å². The Kier molecular flexibility index (Phi) is 6.28. The summed E-state index contributed by atoms with van der Waals surface area (Å²) in [6.45, 7) is 0.310. The van der Waals surface area contributed by atoms with E-state index in [0.717, 1.165) is 0 Å². The zero-order valence-electron chi connectivity index (χ0n) is 16.4. The van der Waals surface area contributed by atoms with Gasteiger partial charge < -0.3 is 14.7 Å². The summed E-state index contributed by atoms with van der Waals surface area (Å²) in [5, 5.41) is 14.5. The van der Waals surface area contributed by atoms with E-state index < -0.39 is 36.4 Å². The molecule has 164 valence electrons. The molecular weight excluding hydrogens is 427 g/mol. The lowest BCUT2D eigenvalue weighted by molar-refractivity contribution is -0.167. The average molecular weight is 448 g/mol. The van der Waals surface area contributed by atoms with E-state index in [1.165, 1.54) is 20.2 Å². The molecule has 2 aromatic rings. The molecule has 11 heteroatoms. The van der Waals surface area contributed by atoms with E-state index in [9.17, 15) is 27.9 Å². The van der Waals surface area contributed by atoms with Crippen LogP contribution in [-0.4, -0.2) is 58.1 Å². The summed E-state index contributed by atoms with van der Waals surface area (Å²) >= 11 is 6.45. The molecule has 0 fully saturated rings. The number of carbonyl (C=O) groups excluding carboxylic acids is 1. The number of methoxy groups -OCH3 is 1. The van der Waals surface area contributed by atoms with Crippen LogP contribution in [0.15, 0.2) is 12.3 Å². The summed E-state index contributed by atoms with van der Waals surface area (Å²) < 4.78 is 46.2. The van der Waals surface area contributed by atoms with Crippen LogP contribution in [0.4, 0.5) is 13.2 Å². The molecule has 0 spiro atoms. The highest BCUT2D eigenvalue weighted by atomic mass is 35.5. The van der Waals surface area contributed by atoms with E-state index in [2.05, 4.69) is 5.10 Å². The number of carbonyl (C=O) groups is 2. The minimum atomic E-state index is -4.62. The Labute approximate surface area is 175 Å². The first kappa shape index (κ1) is 22.4. The second-order valence-electron chi connectivity index (χ2n) is 7.37. The van der Waals surface area contributed by atoms with Crippen LogP contribution in [0.3, 0.4) is 0 Å². The molecule has 1 aromatic carbocycles. The number of fused-ring (bicyclic) bond motifs is 3. The number of carboxylic acids is 1. The van der Waals surface area contributed by atoms with Crippen LogP contribution in [-0.2, 0) is 33.8 Å². The third-order valence-corrected chi connectivity index (χ3v) is 5.66. The monoisotopic (exact) mass is 447 g/mol. The van der Waals surface area contributed by atoms with Crippen molar-refractivity contribution in [3.8, 4) is 0 Å². The van der Waals surface area contributed by atoms with Gasteiger partial charge in [0.1, 0.15) is 6.54 Å². The molecule has 7 nitrogen and oxygen atoms in total. The summed E-state index contributed by atoms with van der Waals surface area (Å²) in [5.74, 6) is -4.38. The second kappa shape index (κ2) is 8.43. The summed E-state index contributed by atoms with van der Waals surface area (Å²) in [4.78, 5) is 25.1. The molecule has 1 N–H and O–H groups in total. The minimum Gasteiger partial charge on any atom is -0.481 e. The van der Waals surface area contributed by atoms with Crippen LogP contribution in [0.1, 0.15) is 18.1 Å². The number of rotatable bonds is 6. The van der Waals surface area contributed by atoms with Gasteiger partial charge in [-0.2, -0.15) is 18.3 Å². The quantitative estimate of drug-likeness (QED) is 0.735. The van der Waals surface area contributed by atoms with Crippen LogP contribution in [0, 0.1) is 11.8 Å². The minimum absolute atomic E-state index is 0.0189. The topological polar surface area (TPSA) is 84.7 Å². The first-order valence-electron chi connectivity index (χ1n) is 9.26. The van der Waals surface area contributed by atoms with Crippen LogP contribution in [0.25, 0.3) is 10.9 Å². The molecule has 2 heterocycles. The molecule has 30 heavy (non-hydrogen) atoms. The molecule has 0 bridgehead atoms. The number of amides is 1. The molecule has 1 unspecified atom stereocenters. The number of carboxylic acid groups (broad SMARTS) is 1. The predicted molar refractivity (Wildman–Crippen MR) is 102 cm³/mol. The molecule has 1 aromatic heterocycles. The number of alkyl halides is 3. The zero-order valence-corrected chi connectivity index (χ0v) is 17.1. The summed E-state index contributed by atoms with van der Waals surface area (Å²) in [5.41, 5.74) is 1.59. The Morgan fingerprint density at radius 3 is 2.77 bits per heavy atom. The molecule has 0 radical (unpaired) electrons. The van der Waals surface area contributed by atoms with Gasteiger partial charge in [-0.05, 0) is 23.6 Å². The largest absolute Gasteiger partial charge is 0.481 e. The van der Waals surface area contributed by atoms with E-state index in [-0.39, 0.29) is 13.0 Å². The van der Waals surface area contributed by atoms with Crippen molar-refractivity contribution < 1.29 is 32.6 Å². The Hall–Kier alpha value is -2.33. The molecule has 1 aliphatic heterocycles. The van der Waals surface area contributed by atoms with Gasteiger partial charge >= 0.3 is 12.1 Å². The number of aliphatic carboxylic acids is 1. The maximum Gasteiger partial charge on any atom is 0.406 e. The van der Waals surface area contributed by atoms with Crippen molar-refractivity contribution in [2.45, 2.75) is 32.6 Å². The molecule has 0 saturated carbocycles. The maximum atomic E-state index is 13.2. The van der Waals surface area contributed by atoms with Crippen LogP contribution in [0.2, 0.25) is 5.02 Å². The number of aromatic nitrogens is 2. The predicted octanol–water partition coefficient (Wildman–Crippen LogP) is 3.12. The fourth-order valence-corrected chi connectivity index (χ4v) is 4.13. The van der Waals surface area contributed by atoms with Crippen molar-refractivity contribution in [3.05, 3.63) is 28.4 Å². The first-order valence-corrected chi connectivity index (χ1v) is 9.64. The number of hydrogen-bond acceptors (Lipinski definition) is 4. The zero-order chi connectivity index (χ0) is 22.2. The van der Waals surface area contributed by atoms with Crippen molar-refractivity contribution in [2.24, 2.45) is 11.8 Å². The van der Waals surface area contributed by atoms with E-state index in [1.54, 1.807) is 10.7 Å². The normalized spacial score (nSPS) is 18.4. The molecular formula is C19H21ClF3N3O4. The lowest BCUT2D eigenvalue weighted by atomic mass is 9.86. The second-order valence-corrected chi connectivity index (χ2v) is 7.77. The maximum absolute atomic E-state index is 13.2. The van der Waals surface area contributed by atoms with Gasteiger partial charge in [-0.1, -0.05) is 18.5 Å². The lowest BCUT2D eigenvalue weighted by Crippen LogP contribution is -2.43. The third kappa shape index (κ3) is 4.39. The molecule has 0 aliphatic carbocycles. The number of hydrogen-bond donors (Lipinski definition) is 1. The van der Waals surface area contributed by atoms with Gasteiger partial charge in [0.05, 0.1) is 41.7 Å². The molecule has 1 aliphatic rings. The van der Waals surface area contributed by atoms with E-state index in [4.69, 9.17) is 16.3 Å². The van der Waals surface area contributed by atoms with Crippen molar-refractivity contribution in [1.29, 1.82) is 0 Å². The number of halogens is 4. The average Bonchev–Trinajstić information content (AvgIpc) is 3.03. The Balaban J connectivity index is 2.14. The van der Waals surface area contributed by atoms with Crippen LogP contribution < -0.4 is 0 Å². The van der Waals surface area contributed by atoms with E-state index in [0.29, 0.717) is 45.1 Å². The van der Waals surface area contributed by atoms with E-state index in [1.807, 2.05) is 0 Å². The van der Waals surface area contributed by atoms with Gasteiger partial charge in [0, 0.05) is 19.0 Å². The smallest absolute Gasteiger partial charge is 0.406 e. The van der Waals surface area contributed by atoms with Crippen molar-refractivity contribution in [2.75, 3.05) is 20.3 Å². The fraction of sp³-hybridized carbons (Fsp3) is 0.526. The fourth-order valence-electron chi connectivity index (χ4n) is 3.80. The summed E-state index contributed by atoms with van der Waals surface area (Å²) in [6.07, 6.45) is -3.13. The molecule has 1 amide bonds. The van der Waals surface area contributed by atoms with Gasteiger partial charge in [-0.25, -0.2) is 0 Å². The summed E-state index contributed by atoms with van der Waals surface area (Å²) in [6, 6.07) is 1.59. The Bertz CT molecular complexity index is 976. The summed E-state index contributed by atoms with van der Waals surface area (Å²) in [7, 11) is 1.53. The molecule has 3 rings (SSSR count). The van der Waals surface area contributed by atoms with Gasteiger partial charge in [-0.3, -0.25) is 14.3 Å². The van der Waals surface area contributed by atoms with Gasteiger partial charge in [0.15, 0.2) is 0 Å². The SMILES string of the molecule is COCCn1ncc2c3c(cc(Cl)c21)CC([C@H](C)C(=O)O)C(=O)N(CC(F)(F)F)C3. The molecule has 2 atom stereocenters. The third-order valence-electron chi connectivity index (χ3n) is 5.37. The van der Waals surface area contributed by atoms with E-state index >= 15 is 0 Å². The van der Waals surface area contributed by atoms with Crippen molar-refractivity contribution in [1.82, 2.24) is 14.7 Å². The highest BCUT2D eigenvalue weighted by Gasteiger charge is 2.41. The Morgan fingerprint density at radius 2 is 2.17 bits per heavy atom. The van der Waals surface area contributed by atoms with Crippen molar-refractivity contribution >= 4 is 34.4 Å². The Morgan fingerprint density at radius 1 is 1.47 bits per heavy atom. The number of nitrogens with zero attached hydrogens (tertiary/aromatic N) is 3. The first-order chi connectivity index (χ1) is 14.0. The number of ether oxygens (including phenoxy) is 1. The van der Waals surface area contributed by atoms with Gasteiger partial charge in [0.25, 0.3) is 0 Å². The lowest BCUT2D eigenvalue weighted by Gasteiger charge is -2.27.